The van der Waals surface area contributed by atoms with Gasteiger partial charge in [-0.1, -0.05) is 13.0 Å². The van der Waals surface area contributed by atoms with Gasteiger partial charge in [-0.3, -0.25) is 9.52 Å². The second kappa shape index (κ2) is 8.12. The molecule has 0 saturated heterocycles. The number of sulfonamides is 1. The van der Waals surface area contributed by atoms with E-state index in [2.05, 4.69) is 9.82 Å². The molecule has 4 rings (SSSR count). The zero-order valence-electron chi connectivity index (χ0n) is 17.1. The summed E-state index contributed by atoms with van der Waals surface area (Å²) in [5.74, 6) is 0. The molecule has 32 heavy (non-hydrogen) atoms. The molecule has 0 bridgehead atoms. The highest BCUT2D eigenvalue weighted by Crippen LogP contribution is 2.39. The van der Waals surface area contributed by atoms with Crippen molar-refractivity contribution in [2.45, 2.75) is 44.2 Å². The van der Waals surface area contributed by atoms with Gasteiger partial charge in [0.2, 0.25) is 10.0 Å². The minimum atomic E-state index is -4.71. The third kappa shape index (κ3) is 4.57. The summed E-state index contributed by atoms with van der Waals surface area (Å²) in [6.07, 6.45) is 0.150. The van der Waals surface area contributed by atoms with Gasteiger partial charge in [-0.2, -0.15) is 18.3 Å². The van der Waals surface area contributed by atoms with Crippen molar-refractivity contribution in [3.63, 3.8) is 0 Å². The fraction of sp³-hybridized carbons (Fsp3) is 0.333. The fourth-order valence-corrected chi connectivity index (χ4v) is 4.75. The van der Waals surface area contributed by atoms with Crippen molar-refractivity contribution >= 4 is 15.7 Å². The summed E-state index contributed by atoms with van der Waals surface area (Å²) in [5.41, 5.74) is -0.873. The maximum atomic E-state index is 13.8. The number of alkyl halides is 3. The number of hydrogen-bond acceptors (Lipinski definition) is 4. The second-order valence-electron chi connectivity index (χ2n) is 7.67. The van der Waals surface area contributed by atoms with Crippen LogP contribution in [0.1, 0.15) is 31.7 Å². The number of nitrogens with zero attached hydrogens (tertiary/aromatic N) is 3. The van der Waals surface area contributed by atoms with Crippen molar-refractivity contribution in [2.75, 3.05) is 4.72 Å². The van der Waals surface area contributed by atoms with Crippen LogP contribution in [0.15, 0.2) is 53.6 Å². The van der Waals surface area contributed by atoms with Crippen LogP contribution in [0.2, 0.25) is 0 Å². The molecule has 11 heteroatoms. The Morgan fingerprint density at radius 1 is 1.16 bits per heavy atom. The Morgan fingerprint density at radius 2 is 1.91 bits per heavy atom. The Labute approximate surface area is 182 Å². The Morgan fingerprint density at radius 3 is 2.56 bits per heavy atom. The van der Waals surface area contributed by atoms with Crippen molar-refractivity contribution < 1.29 is 21.6 Å². The molecule has 0 spiro atoms. The maximum absolute atomic E-state index is 13.8. The summed E-state index contributed by atoms with van der Waals surface area (Å²) in [6, 6.07) is 7.66. The third-order valence-electron chi connectivity index (χ3n) is 5.11. The smallest absolute Gasteiger partial charge is 0.313 e. The monoisotopic (exact) mass is 466 g/mol. The standard InChI is InChI=1S/C21H21F3N4O3S/c1-2-10-27-13-15(4-8-20(27)29)28-11-9-19(25-28)17-7-3-14(12-18(17)21(22,23)24)26-32(30,31)16-5-6-16/h3-4,7-9,11-13,16,26H,2,5-6,10H2,1H3. The van der Waals surface area contributed by atoms with E-state index in [1.807, 2.05) is 6.92 Å². The van der Waals surface area contributed by atoms with E-state index in [-0.39, 0.29) is 22.5 Å². The Kier molecular flexibility index (Phi) is 5.61. The Bertz CT molecular complexity index is 1310. The van der Waals surface area contributed by atoms with Gasteiger partial charge in [-0.15, -0.1) is 0 Å². The predicted octanol–water partition coefficient (Wildman–Crippen LogP) is 4.03. The number of benzene rings is 1. The molecule has 1 aromatic carbocycles. The Hall–Kier alpha value is -3.08. The molecule has 1 N–H and O–H groups in total. The lowest BCUT2D eigenvalue weighted by atomic mass is 10.0. The van der Waals surface area contributed by atoms with Crippen molar-refractivity contribution in [1.29, 1.82) is 0 Å². The zero-order chi connectivity index (χ0) is 23.1. The highest BCUT2D eigenvalue weighted by atomic mass is 32.2. The molecule has 170 valence electrons. The van der Waals surface area contributed by atoms with E-state index < -0.39 is 27.0 Å². The van der Waals surface area contributed by atoms with Gasteiger partial charge in [-0.25, -0.2) is 13.1 Å². The van der Waals surface area contributed by atoms with Crippen LogP contribution in [-0.2, 0) is 22.7 Å². The summed E-state index contributed by atoms with van der Waals surface area (Å²) in [6.45, 7) is 2.44. The van der Waals surface area contributed by atoms with Gasteiger partial charge in [0, 0.05) is 36.3 Å². The first-order chi connectivity index (χ1) is 15.1. The fourth-order valence-electron chi connectivity index (χ4n) is 3.37. The summed E-state index contributed by atoms with van der Waals surface area (Å²) in [7, 11) is -3.69. The van der Waals surface area contributed by atoms with Crippen LogP contribution in [0, 0.1) is 0 Å². The topological polar surface area (TPSA) is 86.0 Å². The lowest BCUT2D eigenvalue weighted by Crippen LogP contribution is -2.19. The summed E-state index contributed by atoms with van der Waals surface area (Å²) in [4.78, 5) is 11.9. The van der Waals surface area contributed by atoms with E-state index in [9.17, 15) is 26.4 Å². The number of aryl methyl sites for hydroxylation is 1. The average molecular weight is 466 g/mol. The van der Waals surface area contributed by atoms with Gasteiger partial charge in [0.25, 0.3) is 5.56 Å². The van der Waals surface area contributed by atoms with Crippen LogP contribution in [0.4, 0.5) is 18.9 Å². The van der Waals surface area contributed by atoms with Gasteiger partial charge in [0.15, 0.2) is 0 Å². The molecule has 7 nitrogen and oxygen atoms in total. The SMILES string of the molecule is CCCn1cc(-n2ccc(-c3ccc(NS(=O)(=O)C4CC4)cc3C(F)(F)F)n2)ccc1=O. The molecule has 1 aliphatic carbocycles. The summed E-state index contributed by atoms with van der Waals surface area (Å²) in [5, 5.41) is 3.71. The van der Waals surface area contributed by atoms with Gasteiger partial charge < -0.3 is 4.57 Å². The van der Waals surface area contributed by atoms with Crippen LogP contribution in [0.3, 0.4) is 0 Å². The van der Waals surface area contributed by atoms with E-state index >= 15 is 0 Å². The number of rotatable bonds is 7. The summed E-state index contributed by atoms with van der Waals surface area (Å²) < 4.78 is 70.7. The first kappa shape index (κ1) is 22.1. The molecule has 1 fully saturated rings. The lowest BCUT2D eigenvalue weighted by Gasteiger charge is -2.14. The van der Waals surface area contributed by atoms with Crippen LogP contribution in [0.25, 0.3) is 16.9 Å². The van der Waals surface area contributed by atoms with Gasteiger partial charge in [-0.05, 0) is 43.5 Å². The van der Waals surface area contributed by atoms with Crippen LogP contribution < -0.4 is 10.3 Å². The van der Waals surface area contributed by atoms with Gasteiger partial charge in [0.05, 0.1) is 22.2 Å². The first-order valence-corrected chi connectivity index (χ1v) is 11.6. The van der Waals surface area contributed by atoms with E-state index in [1.54, 1.807) is 12.3 Å². The number of nitrogens with one attached hydrogen (secondary N) is 1. The van der Waals surface area contributed by atoms with Crippen molar-refractivity contribution in [1.82, 2.24) is 14.3 Å². The quantitative estimate of drug-likeness (QED) is 0.570. The molecular weight excluding hydrogens is 445 g/mol. The predicted molar refractivity (Wildman–Crippen MR) is 114 cm³/mol. The average Bonchev–Trinajstić information content (AvgIpc) is 3.48. The van der Waals surface area contributed by atoms with E-state index in [0.717, 1.165) is 12.5 Å². The van der Waals surface area contributed by atoms with E-state index in [1.165, 1.54) is 39.7 Å². The maximum Gasteiger partial charge on any atom is 0.417 e. The largest absolute Gasteiger partial charge is 0.417 e. The minimum Gasteiger partial charge on any atom is -0.313 e. The first-order valence-electron chi connectivity index (χ1n) is 10.1. The number of pyridine rings is 1. The van der Waals surface area contributed by atoms with Crippen molar-refractivity contribution in [2.24, 2.45) is 0 Å². The molecule has 3 aromatic rings. The number of anilines is 1. The molecule has 0 unspecified atom stereocenters. The summed E-state index contributed by atoms with van der Waals surface area (Å²) >= 11 is 0. The lowest BCUT2D eigenvalue weighted by molar-refractivity contribution is -0.137. The molecule has 1 aliphatic rings. The molecule has 1 saturated carbocycles. The van der Waals surface area contributed by atoms with E-state index in [4.69, 9.17) is 0 Å². The number of hydrogen-bond donors (Lipinski definition) is 1. The Balaban J connectivity index is 1.70. The van der Waals surface area contributed by atoms with Crippen molar-refractivity contribution in [3.8, 4) is 16.9 Å². The normalized spacial score (nSPS) is 14.5. The molecule has 0 amide bonds. The second-order valence-corrected chi connectivity index (χ2v) is 9.63. The molecular formula is C21H21F3N4O3S. The van der Waals surface area contributed by atoms with Crippen LogP contribution in [0.5, 0.6) is 0 Å². The molecule has 0 aliphatic heterocycles. The van der Waals surface area contributed by atoms with Crippen molar-refractivity contribution in [3.05, 3.63) is 64.7 Å². The highest BCUT2D eigenvalue weighted by Gasteiger charge is 2.37. The van der Waals surface area contributed by atoms with E-state index in [0.29, 0.717) is 25.1 Å². The zero-order valence-corrected chi connectivity index (χ0v) is 17.9. The molecule has 0 radical (unpaired) electrons. The van der Waals surface area contributed by atoms with Gasteiger partial charge >= 0.3 is 6.18 Å². The minimum absolute atomic E-state index is 0.0715. The third-order valence-corrected chi connectivity index (χ3v) is 6.98. The molecule has 2 aromatic heterocycles. The number of halogens is 3. The van der Waals surface area contributed by atoms with Gasteiger partial charge in [0.1, 0.15) is 0 Å². The molecule has 0 atom stereocenters. The number of aromatic nitrogens is 3. The van der Waals surface area contributed by atoms with Crippen LogP contribution in [-0.4, -0.2) is 28.0 Å². The molecule has 2 heterocycles. The van der Waals surface area contributed by atoms with Crippen LogP contribution >= 0.6 is 0 Å². The highest BCUT2D eigenvalue weighted by molar-refractivity contribution is 7.93.